The van der Waals surface area contributed by atoms with Crippen molar-refractivity contribution in [3.63, 3.8) is 0 Å². The Morgan fingerprint density at radius 2 is 2.05 bits per heavy atom. The van der Waals surface area contributed by atoms with Crippen molar-refractivity contribution in [3.05, 3.63) is 34.9 Å². The van der Waals surface area contributed by atoms with Gasteiger partial charge in [0.05, 0.1) is 13.1 Å². The Bertz CT molecular complexity index is 456. The summed E-state index contributed by atoms with van der Waals surface area (Å²) in [5, 5.41) is 3.71. The number of carbonyl (C=O) groups is 1. The van der Waals surface area contributed by atoms with E-state index in [1.54, 1.807) is 0 Å². The van der Waals surface area contributed by atoms with Gasteiger partial charge < -0.3 is 10.2 Å². The van der Waals surface area contributed by atoms with Gasteiger partial charge in [-0.3, -0.25) is 4.79 Å². The van der Waals surface area contributed by atoms with Gasteiger partial charge in [-0.05, 0) is 37.3 Å². The summed E-state index contributed by atoms with van der Waals surface area (Å²) in [4.78, 5) is 13.6. The Kier molecular flexibility index (Phi) is 5.44. The van der Waals surface area contributed by atoms with Crippen LogP contribution in [0.3, 0.4) is 0 Å². The quantitative estimate of drug-likeness (QED) is 0.870. The van der Waals surface area contributed by atoms with Gasteiger partial charge in [-0.15, -0.1) is 0 Å². The first kappa shape index (κ1) is 15.3. The number of rotatable bonds is 4. The van der Waals surface area contributed by atoms with Gasteiger partial charge in [0.2, 0.25) is 0 Å². The van der Waals surface area contributed by atoms with Crippen molar-refractivity contribution < 1.29 is 9.69 Å². The number of hydrogen-bond acceptors (Lipinski definition) is 1. The average Bonchev–Trinajstić information content (AvgIpc) is 2.46. The third kappa shape index (κ3) is 3.97. The highest BCUT2D eigenvalue weighted by molar-refractivity contribution is 6.31. The molecule has 3 nitrogen and oxygen atoms in total. The number of nitrogens with one attached hydrogen (secondary N) is 2. The molecule has 2 N–H and O–H groups in total. The maximum absolute atomic E-state index is 12.2. The van der Waals surface area contributed by atoms with E-state index in [4.69, 9.17) is 11.6 Å². The molecule has 0 radical (unpaired) electrons. The molecule has 1 atom stereocenters. The lowest BCUT2D eigenvalue weighted by Crippen LogP contribution is -3.17. The Morgan fingerprint density at radius 3 is 2.70 bits per heavy atom. The largest absolute Gasteiger partial charge is 0.347 e. The van der Waals surface area contributed by atoms with E-state index in [-0.39, 0.29) is 11.9 Å². The van der Waals surface area contributed by atoms with Crippen LogP contribution >= 0.6 is 11.6 Å². The second-order valence-corrected chi connectivity index (χ2v) is 6.28. The highest BCUT2D eigenvalue weighted by Crippen LogP contribution is 2.14. The van der Waals surface area contributed by atoms with Crippen LogP contribution in [0.25, 0.3) is 0 Å². The SMILES string of the molecule is CC1CC[NH+]([C@H](C)C(=O)NCc2ccccc2Cl)CC1. The maximum atomic E-state index is 12.2. The molecule has 0 unspecified atom stereocenters. The van der Waals surface area contributed by atoms with Crippen molar-refractivity contribution in [2.75, 3.05) is 13.1 Å². The summed E-state index contributed by atoms with van der Waals surface area (Å²) in [6, 6.07) is 7.65. The first-order valence-corrected chi connectivity index (χ1v) is 7.81. The summed E-state index contributed by atoms with van der Waals surface area (Å²) < 4.78 is 0. The van der Waals surface area contributed by atoms with Crippen molar-refractivity contribution >= 4 is 17.5 Å². The fourth-order valence-corrected chi connectivity index (χ4v) is 2.93. The number of hydrogen-bond donors (Lipinski definition) is 2. The molecule has 0 saturated carbocycles. The van der Waals surface area contributed by atoms with E-state index in [9.17, 15) is 4.79 Å². The Balaban J connectivity index is 1.84. The van der Waals surface area contributed by atoms with Crippen LogP contribution in [0.5, 0.6) is 0 Å². The van der Waals surface area contributed by atoms with Gasteiger partial charge in [-0.2, -0.15) is 0 Å². The Hall–Kier alpha value is -1.06. The number of halogens is 1. The number of amides is 1. The summed E-state index contributed by atoms with van der Waals surface area (Å²) in [5.74, 6) is 0.923. The lowest BCUT2D eigenvalue weighted by Gasteiger charge is -2.31. The van der Waals surface area contributed by atoms with Crippen molar-refractivity contribution in [2.45, 2.75) is 39.3 Å². The summed E-state index contributed by atoms with van der Waals surface area (Å²) >= 11 is 6.10. The monoisotopic (exact) mass is 295 g/mol. The molecule has 1 saturated heterocycles. The van der Waals surface area contributed by atoms with Crippen LogP contribution in [0.2, 0.25) is 5.02 Å². The van der Waals surface area contributed by atoms with E-state index in [1.165, 1.54) is 17.7 Å². The van der Waals surface area contributed by atoms with Crippen LogP contribution in [0.1, 0.15) is 32.3 Å². The molecule has 0 aromatic heterocycles. The zero-order chi connectivity index (χ0) is 14.5. The fourth-order valence-electron chi connectivity index (χ4n) is 2.73. The summed E-state index contributed by atoms with van der Waals surface area (Å²) in [7, 11) is 0. The van der Waals surface area contributed by atoms with Crippen LogP contribution in [0.4, 0.5) is 0 Å². The molecular weight excluding hydrogens is 272 g/mol. The van der Waals surface area contributed by atoms with Crippen molar-refractivity contribution in [2.24, 2.45) is 5.92 Å². The third-order valence-corrected chi connectivity index (χ3v) is 4.70. The number of likely N-dealkylation sites (tertiary alicyclic amines) is 1. The predicted molar refractivity (Wildman–Crippen MR) is 81.9 cm³/mol. The van der Waals surface area contributed by atoms with E-state index in [0.717, 1.165) is 24.6 Å². The lowest BCUT2D eigenvalue weighted by atomic mass is 9.98. The van der Waals surface area contributed by atoms with Crippen molar-refractivity contribution in [3.8, 4) is 0 Å². The van der Waals surface area contributed by atoms with Gasteiger partial charge in [-0.25, -0.2) is 0 Å². The van der Waals surface area contributed by atoms with Gasteiger partial charge >= 0.3 is 0 Å². The van der Waals surface area contributed by atoms with Gasteiger partial charge in [-0.1, -0.05) is 36.7 Å². The first-order valence-electron chi connectivity index (χ1n) is 7.43. The standard InChI is InChI=1S/C16H23ClN2O/c1-12-7-9-19(10-8-12)13(2)16(20)18-11-14-5-3-4-6-15(14)17/h3-6,12-13H,7-11H2,1-2H3,(H,18,20)/p+1/t13-/m1/s1. The summed E-state index contributed by atoms with van der Waals surface area (Å²) in [6.07, 6.45) is 2.44. The maximum Gasteiger partial charge on any atom is 0.278 e. The normalized spacial score (nSPS) is 24.1. The van der Waals surface area contributed by atoms with Crippen LogP contribution in [0.15, 0.2) is 24.3 Å². The Morgan fingerprint density at radius 1 is 1.40 bits per heavy atom. The molecule has 1 amide bonds. The van der Waals surface area contributed by atoms with Crippen LogP contribution in [0, 0.1) is 5.92 Å². The van der Waals surface area contributed by atoms with Crippen molar-refractivity contribution in [1.82, 2.24) is 5.32 Å². The molecule has 1 aromatic carbocycles. The second kappa shape index (κ2) is 7.09. The minimum atomic E-state index is 0.0185. The minimum absolute atomic E-state index is 0.0185. The Labute approximate surface area is 126 Å². The van der Waals surface area contributed by atoms with E-state index in [1.807, 2.05) is 31.2 Å². The number of quaternary nitrogens is 1. The highest BCUT2D eigenvalue weighted by atomic mass is 35.5. The molecule has 2 rings (SSSR count). The molecule has 20 heavy (non-hydrogen) atoms. The molecular formula is C16H24ClN2O+. The van der Waals surface area contributed by atoms with E-state index in [0.29, 0.717) is 11.6 Å². The molecule has 110 valence electrons. The van der Waals surface area contributed by atoms with Crippen LogP contribution < -0.4 is 10.2 Å². The smallest absolute Gasteiger partial charge is 0.278 e. The molecule has 1 fully saturated rings. The molecule has 1 aliphatic rings. The van der Waals surface area contributed by atoms with Gasteiger partial charge in [0.15, 0.2) is 6.04 Å². The molecule has 0 spiro atoms. The first-order chi connectivity index (χ1) is 9.58. The predicted octanol–water partition coefficient (Wildman–Crippen LogP) is 1.66. The van der Waals surface area contributed by atoms with E-state index < -0.39 is 0 Å². The lowest BCUT2D eigenvalue weighted by molar-refractivity contribution is -0.920. The van der Waals surface area contributed by atoms with Crippen molar-refractivity contribution in [1.29, 1.82) is 0 Å². The number of piperidine rings is 1. The minimum Gasteiger partial charge on any atom is -0.347 e. The van der Waals surface area contributed by atoms with Gasteiger partial charge in [0.25, 0.3) is 5.91 Å². The third-order valence-electron chi connectivity index (χ3n) is 4.33. The second-order valence-electron chi connectivity index (χ2n) is 5.87. The van der Waals surface area contributed by atoms with Crippen LogP contribution in [-0.2, 0) is 11.3 Å². The highest BCUT2D eigenvalue weighted by Gasteiger charge is 2.28. The number of benzene rings is 1. The molecule has 0 aliphatic carbocycles. The molecule has 1 heterocycles. The zero-order valence-electron chi connectivity index (χ0n) is 12.3. The fraction of sp³-hybridized carbons (Fsp3) is 0.562. The van der Waals surface area contributed by atoms with E-state index >= 15 is 0 Å². The average molecular weight is 296 g/mol. The molecule has 1 aromatic rings. The summed E-state index contributed by atoms with van der Waals surface area (Å²) in [6.45, 7) is 7.02. The van der Waals surface area contributed by atoms with Gasteiger partial charge in [0.1, 0.15) is 0 Å². The number of carbonyl (C=O) groups excluding carboxylic acids is 1. The zero-order valence-corrected chi connectivity index (χ0v) is 13.0. The van der Waals surface area contributed by atoms with E-state index in [2.05, 4.69) is 12.2 Å². The topological polar surface area (TPSA) is 33.5 Å². The molecule has 0 bridgehead atoms. The molecule has 1 aliphatic heterocycles. The van der Waals surface area contributed by atoms with Gasteiger partial charge in [0, 0.05) is 11.6 Å². The summed E-state index contributed by atoms with van der Waals surface area (Å²) in [5.41, 5.74) is 0.969. The molecule has 4 heteroatoms. The van der Waals surface area contributed by atoms with Crippen LogP contribution in [-0.4, -0.2) is 25.0 Å².